The number of carbonyl (C=O) groups is 3. The van der Waals surface area contributed by atoms with Gasteiger partial charge in [0.15, 0.2) is 6.10 Å². The Morgan fingerprint density at radius 2 is 0.439 bits per heavy atom. The molecule has 0 aromatic rings. The van der Waals surface area contributed by atoms with E-state index in [1.54, 1.807) is 0 Å². The molecule has 0 aliphatic heterocycles. The van der Waals surface area contributed by atoms with Crippen LogP contribution >= 0.6 is 0 Å². The molecule has 66 heavy (non-hydrogen) atoms. The minimum atomic E-state index is -0.764. The third-order valence-electron chi connectivity index (χ3n) is 13.6. The smallest absolute Gasteiger partial charge is 0.306 e. The highest BCUT2D eigenvalue weighted by atomic mass is 16.6. The fourth-order valence-corrected chi connectivity index (χ4v) is 9.18. The lowest BCUT2D eigenvalue weighted by Crippen LogP contribution is -2.30. The molecule has 0 radical (unpaired) electrons. The first kappa shape index (κ1) is 64.4. The summed E-state index contributed by atoms with van der Waals surface area (Å²) in [4.78, 5) is 38.1. The van der Waals surface area contributed by atoms with Crippen LogP contribution < -0.4 is 0 Å². The average Bonchev–Trinajstić information content (AvgIpc) is 3.28. The Morgan fingerprint density at radius 3 is 0.652 bits per heavy atom. The van der Waals surface area contributed by atoms with Crippen LogP contribution in [0, 0.1) is 17.8 Å². The molecule has 0 saturated heterocycles. The van der Waals surface area contributed by atoms with Gasteiger partial charge in [-0.05, 0) is 37.0 Å². The molecule has 0 aromatic heterocycles. The predicted octanol–water partition coefficient (Wildman–Crippen LogP) is 19.5. The molecule has 392 valence electrons. The van der Waals surface area contributed by atoms with E-state index in [1.165, 1.54) is 212 Å². The van der Waals surface area contributed by atoms with Crippen LogP contribution in [0.4, 0.5) is 0 Å². The molecule has 0 spiro atoms. The Kier molecular flexibility index (Phi) is 50.0. The minimum absolute atomic E-state index is 0.0639. The Morgan fingerprint density at radius 1 is 0.258 bits per heavy atom. The summed E-state index contributed by atoms with van der Waals surface area (Å²) >= 11 is 0. The minimum Gasteiger partial charge on any atom is -0.462 e. The van der Waals surface area contributed by atoms with E-state index in [9.17, 15) is 14.4 Å². The van der Waals surface area contributed by atoms with E-state index < -0.39 is 6.10 Å². The average molecular weight is 934 g/mol. The van der Waals surface area contributed by atoms with Crippen LogP contribution in [0.1, 0.15) is 330 Å². The van der Waals surface area contributed by atoms with Crippen molar-refractivity contribution < 1.29 is 28.6 Å². The van der Waals surface area contributed by atoms with Gasteiger partial charge in [0.1, 0.15) is 13.2 Å². The maximum Gasteiger partial charge on any atom is 0.306 e. The van der Waals surface area contributed by atoms with Crippen molar-refractivity contribution in [3.63, 3.8) is 0 Å². The van der Waals surface area contributed by atoms with Gasteiger partial charge >= 0.3 is 17.9 Å². The van der Waals surface area contributed by atoms with Crippen molar-refractivity contribution in [3.05, 3.63) is 0 Å². The number of rotatable bonds is 53. The summed E-state index contributed by atoms with van der Waals surface area (Å²) in [6.07, 6.45) is 54.0. The van der Waals surface area contributed by atoms with Gasteiger partial charge in [0.25, 0.3) is 0 Å². The van der Waals surface area contributed by atoms with Gasteiger partial charge < -0.3 is 14.2 Å². The van der Waals surface area contributed by atoms with Gasteiger partial charge in [-0.3, -0.25) is 14.4 Å². The summed E-state index contributed by atoms with van der Waals surface area (Å²) in [7, 11) is 0. The number of ether oxygens (including phenoxy) is 3. The van der Waals surface area contributed by atoms with Gasteiger partial charge in [-0.1, -0.05) is 292 Å². The van der Waals surface area contributed by atoms with Crippen LogP contribution in [0.2, 0.25) is 0 Å². The number of hydrogen-bond donors (Lipinski definition) is 0. The Labute approximate surface area is 412 Å². The van der Waals surface area contributed by atoms with Gasteiger partial charge in [-0.15, -0.1) is 0 Å². The lowest BCUT2D eigenvalue weighted by Gasteiger charge is -2.18. The molecule has 0 unspecified atom stereocenters. The van der Waals surface area contributed by atoms with Crippen molar-refractivity contribution in [2.45, 2.75) is 337 Å². The van der Waals surface area contributed by atoms with E-state index in [0.29, 0.717) is 19.3 Å². The SMILES string of the molecule is CC(C)CCCCCCCCCCCCCCCCCCCCC(=O)O[C@H](COC(=O)CCCCCCCCCCCCCCCCC(C)C)COC(=O)CCCCCCCCCC(C)C. The number of esters is 3. The summed E-state index contributed by atoms with van der Waals surface area (Å²) in [5.41, 5.74) is 0. The maximum atomic E-state index is 12.9. The first-order chi connectivity index (χ1) is 32.1. The molecule has 0 saturated carbocycles. The molecule has 0 bridgehead atoms. The number of carbonyl (C=O) groups excluding carboxylic acids is 3. The molecule has 0 N–H and O–H groups in total. The third kappa shape index (κ3) is 53.4. The Hall–Kier alpha value is -1.59. The van der Waals surface area contributed by atoms with Gasteiger partial charge in [0, 0.05) is 19.3 Å². The molecule has 6 nitrogen and oxygen atoms in total. The zero-order chi connectivity index (χ0) is 48.4. The number of hydrogen-bond acceptors (Lipinski definition) is 6. The zero-order valence-electron chi connectivity index (χ0n) is 45.5. The normalized spacial score (nSPS) is 12.1. The predicted molar refractivity (Wildman–Crippen MR) is 284 cm³/mol. The van der Waals surface area contributed by atoms with Crippen molar-refractivity contribution in [2.24, 2.45) is 17.8 Å². The van der Waals surface area contributed by atoms with Gasteiger partial charge in [0.05, 0.1) is 0 Å². The first-order valence-electron chi connectivity index (χ1n) is 29.6. The maximum absolute atomic E-state index is 12.9. The second kappa shape index (κ2) is 51.3. The lowest BCUT2D eigenvalue weighted by atomic mass is 10.0. The second-order valence-electron chi connectivity index (χ2n) is 22.1. The highest BCUT2D eigenvalue weighted by Crippen LogP contribution is 2.19. The highest BCUT2D eigenvalue weighted by Gasteiger charge is 2.19. The quantitative estimate of drug-likeness (QED) is 0.0343. The first-order valence-corrected chi connectivity index (χ1v) is 29.6. The Bertz CT molecular complexity index is 1020. The largest absolute Gasteiger partial charge is 0.462 e. The molecule has 0 rings (SSSR count). The summed E-state index contributed by atoms with van der Waals surface area (Å²) in [6.45, 7) is 13.7. The summed E-state index contributed by atoms with van der Waals surface area (Å²) in [5.74, 6) is 1.64. The Balaban J connectivity index is 4.22. The molecule has 0 fully saturated rings. The topological polar surface area (TPSA) is 78.9 Å². The molecular formula is C60H116O6. The van der Waals surface area contributed by atoms with E-state index in [2.05, 4.69) is 41.5 Å². The summed E-state index contributed by atoms with van der Waals surface area (Å²) in [6, 6.07) is 0. The second-order valence-corrected chi connectivity index (χ2v) is 22.1. The third-order valence-corrected chi connectivity index (χ3v) is 13.6. The van der Waals surface area contributed by atoms with E-state index in [1.807, 2.05) is 0 Å². The van der Waals surface area contributed by atoms with Crippen LogP contribution in [0.3, 0.4) is 0 Å². The molecule has 0 amide bonds. The van der Waals surface area contributed by atoms with Crippen molar-refractivity contribution >= 4 is 17.9 Å². The van der Waals surface area contributed by atoms with Crippen molar-refractivity contribution in [1.29, 1.82) is 0 Å². The molecule has 0 aliphatic carbocycles. The van der Waals surface area contributed by atoms with Crippen molar-refractivity contribution in [2.75, 3.05) is 13.2 Å². The van der Waals surface area contributed by atoms with Crippen LogP contribution in [0.15, 0.2) is 0 Å². The fraction of sp³-hybridized carbons (Fsp3) is 0.950. The van der Waals surface area contributed by atoms with Gasteiger partial charge in [0.2, 0.25) is 0 Å². The van der Waals surface area contributed by atoms with Gasteiger partial charge in [-0.2, -0.15) is 0 Å². The van der Waals surface area contributed by atoms with Crippen LogP contribution in [0.5, 0.6) is 0 Å². The number of unbranched alkanes of at least 4 members (excludes halogenated alkanes) is 36. The molecular weight excluding hydrogens is 817 g/mol. The van der Waals surface area contributed by atoms with E-state index in [0.717, 1.165) is 75.5 Å². The van der Waals surface area contributed by atoms with Gasteiger partial charge in [-0.25, -0.2) is 0 Å². The molecule has 1 atom stereocenters. The fourth-order valence-electron chi connectivity index (χ4n) is 9.18. The molecule has 6 heteroatoms. The van der Waals surface area contributed by atoms with Crippen LogP contribution in [0.25, 0.3) is 0 Å². The lowest BCUT2D eigenvalue weighted by molar-refractivity contribution is -0.167. The van der Waals surface area contributed by atoms with E-state index >= 15 is 0 Å². The van der Waals surface area contributed by atoms with Crippen LogP contribution in [-0.4, -0.2) is 37.2 Å². The van der Waals surface area contributed by atoms with Crippen LogP contribution in [-0.2, 0) is 28.6 Å². The highest BCUT2D eigenvalue weighted by molar-refractivity contribution is 5.71. The van der Waals surface area contributed by atoms with E-state index in [4.69, 9.17) is 14.2 Å². The zero-order valence-corrected chi connectivity index (χ0v) is 45.5. The monoisotopic (exact) mass is 933 g/mol. The standard InChI is InChI=1S/C60H116O6/c1-54(2)46-40-34-28-23-19-15-11-9-7-8-10-12-18-22-26-32-39-45-51-60(63)66-57(53-65-59(62)50-44-38-33-27-30-36-42-48-56(5)6)52-64-58(61)49-43-37-31-25-21-17-14-13-16-20-24-29-35-41-47-55(3)4/h54-57H,7-53H2,1-6H3/t57-/m1/s1. The van der Waals surface area contributed by atoms with Crippen molar-refractivity contribution in [1.82, 2.24) is 0 Å². The molecule has 0 heterocycles. The van der Waals surface area contributed by atoms with Crippen molar-refractivity contribution in [3.8, 4) is 0 Å². The molecule has 0 aromatic carbocycles. The summed E-state index contributed by atoms with van der Waals surface area (Å²) < 4.78 is 16.9. The molecule has 0 aliphatic rings. The summed E-state index contributed by atoms with van der Waals surface area (Å²) in [5, 5.41) is 0. The van der Waals surface area contributed by atoms with E-state index in [-0.39, 0.29) is 31.1 Å².